The first-order valence-corrected chi connectivity index (χ1v) is 14.0. The van der Waals surface area contributed by atoms with Crippen LogP contribution in [0.15, 0.2) is 47.6 Å². The minimum absolute atomic E-state index is 0.355. The lowest BCUT2D eigenvalue weighted by atomic mass is 10.2. The van der Waals surface area contributed by atoms with Crippen LogP contribution in [0.1, 0.15) is 36.8 Å². The molecule has 8 nitrogen and oxygen atoms in total. The fourth-order valence-electron chi connectivity index (χ4n) is 4.54. The lowest BCUT2D eigenvalue weighted by molar-refractivity contribution is 0.282. The zero-order chi connectivity index (χ0) is 25.6. The maximum Gasteiger partial charge on any atom is 0.229 e. The number of halogens is 2. The summed E-state index contributed by atoms with van der Waals surface area (Å²) in [5.41, 5.74) is 4.92. The summed E-state index contributed by atoms with van der Waals surface area (Å²) >= 11 is 8.53. The summed E-state index contributed by atoms with van der Waals surface area (Å²) in [6.07, 6.45) is 6.51. The molecular weight excluding hydrogens is 603 g/mol. The second-order valence-electron chi connectivity index (χ2n) is 9.08. The Morgan fingerprint density at radius 3 is 2.49 bits per heavy atom. The van der Waals surface area contributed by atoms with E-state index in [0.717, 1.165) is 52.6 Å². The fourth-order valence-corrected chi connectivity index (χ4v) is 5.51. The van der Waals surface area contributed by atoms with Gasteiger partial charge >= 0.3 is 0 Å². The van der Waals surface area contributed by atoms with Gasteiger partial charge in [0.1, 0.15) is 12.4 Å². The summed E-state index contributed by atoms with van der Waals surface area (Å²) in [5, 5.41) is 5.16. The van der Waals surface area contributed by atoms with Gasteiger partial charge in [-0.3, -0.25) is 5.43 Å². The third-order valence-electron chi connectivity index (χ3n) is 6.49. The summed E-state index contributed by atoms with van der Waals surface area (Å²) in [6, 6.07) is 13.5. The van der Waals surface area contributed by atoms with Gasteiger partial charge in [-0.1, -0.05) is 29.8 Å². The average molecular weight is 633 g/mol. The number of nitrogens with zero attached hydrogens (tertiary/aromatic N) is 5. The van der Waals surface area contributed by atoms with Crippen LogP contribution in [0, 0.1) is 3.57 Å². The van der Waals surface area contributed by atoms with Crippen molar-refractivity contribution in [1.82, 2.24) is 9.97 Å². The molecule has 10 heteroatoms. The molecule has 1 N–H and O–H groups in total. The molecule has 2 aliphatic rings. The number of rotatable bonds is 9. The zero-order valence-electron chi connectivity index (χ0n) is 20.8. The van der Waals surface area contributed by atoms with Crippen LogP contribution in [-0.4, -0.2) is 49.5 Å². The van der Waals surface area contributed by atoms with E-state index < -0.39 is 0 Å². The van der Waals surface area contributed by atoms with Crippen LogP contribution in [0.25, 0.3) is 0 Å². The Morgan fingerprint density at radius 1 is 1.03 bits per heavy atom. The van der Waals surface area contributed by atoms with Gasteiger partial charge in [0.2, 0.25) is 5.95 Å². The summed E-state index contributed by atoms with van der Waals surface area (Å²) in [5.74, 6) is 3.74. The lowest BCUT2D eigenvalue weighted by Crippen LogP contribution is -2.24. The highest BCUT2D eigenvalue weighted by atomic mass is 127. The van der Waals surface area contributed by atoms with Crippen LogP contribution in [0.4, 0.5) is 17.6 Å². The second kappa shape index (κ2) is 12.2. The van der Waals surface area contributed by atoms with Crippen LogP contribution >= 0.6 is 34.2 Å². The Kier molecular flexibility index (Phi) is 8.50. The van der Waals surface area contributed by atoms with E-state index in [2.05, 4.69) is 42.9 Å². The summed E-state index contributed by atoms with van der Waals surface area (Å²) in [4.78, 5) is 14.2. The smallest absolute Gasteiger partial charge is 0.229 e. The van der Waals surface area contributed by atoms with E-state index in [1.807, 2.05) is 42.5 Å². The molecule has 2 fully saturated rings. The van der Waals surface area contributed by atoms with Gasteiger partial charge < -0.3 is 19.3 Å². The molecule has 0 radical (unpaired) electrons. The molecule has 0 saturated carbocycles. The molecule has 2 aromatic carbocycles. The second-order valence-corrected chi connectivity index (χ2v) is 10.7. The maximum atomic E-state index is 6.28. The molecule has 0 amide bonds. The largest absolute Gasteiger partial charge is 0.493 e. The molecule has 2 saturated heterocycles. The first-order chi connectivity index (χ1) is 18.1. The number of methoxy groups -OCH3 is 1. The normalized spacial score (nSPS) is 15.5. The van der Waals surface area contributed by atoms with Gasteiger partial charge in [-0.2, -0.15) is 15.1 Å². The lowest BCUT2D eigenvalue weighted by Gasteiger charge is -2.21. The van der Waals surface area contributed by atoms with Crippen LogP contribution in [0.5, 0.6) is 11.5 Å². The van der Waals surface area contributed by atoms with Crippen LogP contribution < -0.4 is 24.7 Å². The number of aromatic nitrogens is 2. The van der Waals surface area contributed by atoms with E-state index in [4.69, 9.17) is 31.0 Å². The Morgan fingerprint density at radius 2 is 1.76 bits per heavy atom. The number of hydrogen-bond acceptors (Lipinski definition) is 8. The molecule has 3 aromatic rings. The maximum absolute atomic E-state index is 6.28. The first-order valence-electron chi connectivity index (χ1n) is 12.5. The van der Waals surface area contributed by atoms with Crippen molar-refractivity contribution in [3.05, 3.63) is 62.2 Å². The fraction of sp³-hybridized carbons (Fsp3) is 0.370. The summed E-state index contributed by atoms with van der Waals surface area (Å²) in [7, 11) is 1.63. The van der Waals surface area contributed by atoms with Gasteiger partial charge in [0.05, 0.1) is 16.9 Å². The molecule has 194 valence electrons. The van der Waals surface area contributed by atoms with Crippen molar-refractivity contribution in [3.63, 3.8) is 0 Å². The van der Waals surface area contributed by atoms with Crippen molar-refractivity contribution in [3.8, 4) is 11.5 Å². The van der Waals surface area contributed by atoms with Gasteiger partial charge in [0.25, 0.3) is 0 Å². The highest BCUT2D eigenvalue weighted by Gasteiger charge is 2.20. The predicted octanol–water partition coefficient (Wildman–Crippen LogP) is 5.97. The van der Waals surface area contributed by atoms with E-state index in [-0.39, 0.29) is 0 Å². The molecular formula is C27H30ClIN6O2. The van der Waals surface area contributed by atoms with E-state index in [1.54, 1.807) is 13.3 Å². The van der Waals surface area contributed by atoms with Crippen molar-refractivity contribution < 1.29 is 9.47 Å². The van der Waals surface area contributed by atoms with Crippen molar-refractivity contribution in [1.29, 1.82) is 0 Å². The zero-order valence-corrected chi connectivity index (χ0v) is 23.7. The number of hydrazone groups is 1. The van der Waals surface area contributed by atoms with Gasteiger partial charge in [0.15, 0.2) is 17.3 Å². The van der Waals surface area contributed by atoms with E-state index in [9.17, 15) is 0 Å². The van der Waals surface area contributed by atoms with Crippen molar-refractivity contribution in [2.24, 2.45) is 5.10 Å². The van der Waals surface area contributed by atoms with Crippen molar-refractivity contribution in [2.45, 2.75) is 32.3 Å². The molecule has 0 spiro atoms. The third-order valence-corrected chi connectivity index (χ3v) is 7.66. The molecule has 0 bridgehead atoms. The first kappa shape index (κ1) is 25.8. The summed E-state index contributed by atoms with van der Waals surface area (Å²) in [6.45, 7) is 4.41. The van der Waals surface area contributed by atoms with E-state index >= 15 is 0 Å². The summed E-state index contributed by atoms with van der Waals surface area (Å²) < 4.78 is 12.6. The minimum atomic E-state index is 0.355. The quantitative estimate of drug-likeness (QED) is 0.177. The van der Waals surface area contributed by atoms with Crippen LogP contribution in [-0.2, 0) is 6.61 Å². The molecule has 2 aliphatic heterocycles. The molecule has 0 aliphatic carbocycles. The highest BCUT2D eigenvalue weighted by Crippen LogP contribution is 2.34. The van der Waals surface area contributed by atoms with Gasteiger partial charge in [-0.15, -0.1) is 0 Å². The minimum Gasteiger partial charge on any atom is -0.493 e. The molecule has 1 aromatic heterocycles. The van der Waals surface area contributed by atoms with Gasteiger partial charge in [0, 0.05) is 42.8 Å². The predicted molar refractivity (Wildman–Crippen MR) is 158 cm³/mol. The van der Waals surface area contributed by atoms with Crippen molar-refractivity contribution in [2.75, 3.05) is 48.5 Å². The Balaban J connectivity index is 1.31. The molecule has 37 heavy (non-hydrogen) atoms. The van der Waals surface area contributed by atoms with Crippen LogP contribution in [0.3, 0.4) is 0 Å². The van der Waals surface area contributed by atoms with Gasteiger partial charge in [-0.25, -0.2) is 0 Å². The number of anilines is 3. The van der Waals surface area contributed by atoms with E-state index in [1.165, 1.54) is 25.7 Å². The topological polar surface area (TPSA) is 75.1 Å². The SMILES string of the molecule is COc1cc(/C=N\Nc2cc(N3CCCC3)nc(N3CCCC3)n2)cc(I)c1OCc1ccccc1Cl. The van der Waals surface area contributed by atoms with Crippen LogP contribution in [0.2, 0.25) is 5.02 Å². The number of nitrogens with one attached hydrogen (secondary N) is 1. The molecule has 0 unspecified atom stereocenters. The molecule has 3 heterocycles. The Hall–Kier alpha value is -2.79. The molecule has 0 atom stereocenters. The third kappa shape index (κ3) is 6.38. The van der Waals surface area contributed by atoms with Gasteiger partial charge in [-0.05, 0) is 72.0 Å². The van der Waals surface area contributed by atoms with E-state index in [0.29, 0.717) is 28.9 Å². The number of hydrogen-bond donors (Lipinski definition) is 1. The van der Waals surface area contributed by atoms with Crippen molar-refractivity contribution >= 4 is 58.0 Å². The average Bonchev–Trinajstić information content (AvgIpc) is 3.64. The monoisotopic (exact) mass is 632 g/mol. The Labute approximate surface area is 236 Å². The Bertz CT molecular complexity index is 1230. The standard InChI is InChI=1S/C27H30ClIN6O2/c1-36-23-15-19(14-22(29)26(23)37-18-20-8-2-3-9-21(20)28)17-30-33-24-16-25(34-10-4-5-11-34)32-27(31-24)35-12-6-7-13-35/h2-3,8-9,14-17H,4-7,10-13,18H2,1H3,(H,31,32,33)/b30-17-. The highest BCUT2D eigenvalue weighted by molar-refractivity contribution is 14.1. The number of ether oxygens (including phenoxy) is 2. The number of benzene rings is 2. The molecule has 5 rings (SSSR count).